The smallest absolute Gasteiger partial charge is 0.292 e. The molecule has 0 fully saturated rings. The van der Waals surface area contributed by atoms with Gasteiger partial charge < -0.3 is 0 Å². The number of hydrogen-bond donors (Lipinski definition) is 1. The number of nitrogens with one attached hydrogen (secondary N) is 1. The average Bonchev–Trinajstić information content (AvgIpc) is 3.54. The maximum Gasteiger partial charge on any atom is 0.333 e. The highest BCUT2D eigenvalue weighted by molar-refractivity contribution is 5.79. The van der Waals surface area contributed by atoms with Crippen LogP contribution >= 0.6 is 0 Å². The molecule has 9 heteroatoms. The Morgan fingerprint density at radius 3 is 2.57 bits per heavy atom. The fourth-order valence-electron chi connectivity index (χ4n) is 4.63. The molecule has 5 rings (SSSR count). The molecular formula is C28H28FN7O. The summed E-state index contributed by atoms with van der Waals surface area (Å²) in [5.74, 6) is 0.173. The number of tetrazole rings is 1. The van der Waals surface area contributed by atoms with E-state index in [0.717, 1.165) is 46.4 Å². The van der Waals surface area contributed by atoms with Gasteiger partial charge in [0.1, 0.15) is 5.82 Å². The van der Waals surface area contributed by atoms with Gasteiger partial charge in [-0.05, 0) is 46.4 Å². The van der Waals surface area contributed by atoms with Gasteiger partial charge in [0.2, 0.25) is 5.82 Å². The molecular weight excluding hydrogens is 469 g/mol. The van der Waals surface area contributed by atoms with Crippen LogP contribution in [-0.4, -0.2) is 34.7 Å². The van der Waals surface area contributed by atoms with Crippen LogP contribution < -0.4 is 5.69 Å². The first-order chi connectivity index (χ1) is 18.0. The molecule has 0 aliphatic heterocycles. The number of halogens is 1. The van der Waals surface area contributed by atoms with E-state index in [1.807, 2.05) is 50.2 Å². The van der Waals surface area contributed by atoms with Crippen molar-refractivity contribution in [2.45, 2.75) is 46.1 Å². The highest BCUT2D eigenvalue weighted by Gasteiger charge is 2.19. The lowest BCUT2D eigenvalue weighted by atomic mass is 10.0. The molecule has 0 atom stereocenters. The van der Waals surface area contributed by atoms with Gasteiger partial charge in [0, 0.05) is 35.4 Å². The van der Waals surface area contributed by atoms with E-state index in [1.54, 1.807) is 29.2 Å². The van der Waals surface area contributed by atoms with Gasteiger partial charge in [0.15, 0.2) is 0 Å². The molecule has 0 aliphatic carbocycles. The molecule has 0 radical (unpaired) electrons. The van der Waals surface area contributed by atoms with Gasteiger partial charge in [-0.25, -0.2) is 9.18 Å². The number of aromatic amines is 1. The van der Waals surface area contributed by atoms with Crippen LogP contribution in [-0.2, 0) is 13.0 Å². The van der Waals surface area contributed by atoms with Crippen molar-refractivity contribution in [3.63, 3.8) is 0 Å². The number of aromatic nitrogens is 7. The van der Waals surface area contributed by atoms with Crippen molar-refractivity contribution in [2.24, 2.45) is 0 Å². The van der Waals surface area contributed by atoms with E-state index in [9.17, 15) is 9.18 Å². The van der Waals surface area contributed by atoms with Gasteiger partial charge in [-0.2, -0.15) is 5.21 Å². The van der Waals surface area contributed by atoms with Crippen molar-refractivity contribution in [1.29, 1.82) is 0 Å². The van der Waals surface area contributed by atoms with Crippen molar-refractivity contribution in [2.75, 3.05) is 0 Å². The Kier molecular flexibility index (Phi) is 6.76. The lowest BCUT2D eigenvalue weighted by Gasteiger charge is -2.13. The molecule has 8 nitrogen and oxygen atoms in total. The van der Waals surface area contributed by atoms with Gasteiger partial charge in [-0.3, -0.25) is 14.1 Å². The van der Waals surface area contributed by atoms with Crippen LogP contribution in [0.25, 0.3) is 28.2 Å². The first-order valence-electron chi connectivity index (χ1n) is 12.3. The van der Waals surface area contributed by atoms with Gasteiger partial charge in [-0.15, -0.1) is 10.2 Å². The summed E-state index contributed by atoms with van der Waals surface area (Å²) in [5.41, 5.74) is 5.38. The molecule has 37 heavy (non-hydrogen) atoms. The molecule has 0 unspecified atom stereocenters. The van der Waals surface area contributed by atoms with Crippen molar-refractivity contribution in [3.05, 3.63) is 100 Å². The zero-order valence-corrected chi connectivity index (χ0v) is 21.0. The molecule has 0 bridgehead atoms. The number of imidazole rings is 1. The number of hydrogen-bond acceptors (Lipinski definition) is 5. The fraction of sp³-hybridized carbons (Fsp3) is 0.250. The maximum absolute atomic E-state index is 15.0. The summed E-state index contributed by atoms with van der Waals surface area (Å²) in [7, 11) is 0. The Bertz CT molecular complexity index is 1570. The summed E-state index contributed by atoms with van der Waals surface area (Å²) in [4.78, 5) is 17.8. The summed E-state index contributed by atoms with van der Waals surface area (Å²) in [6, 6.07) is 14.8. The molecule has 188 valence electrons. The number of aryl methyl sites for hydroxylation is 1. The van der Waals surface area contributed by atoms with E-state index in [0.29, 0.717) is 18.1 Å². The number of benzene rings is 2. The van der Waals surface area contributed by atoms with Gasteiger partial charge >= 0.3 is 5.69 Å². The molecule has 1 N–H and O–H groups in total. The zero-order chi connectivity index (χ0) is 25.9. The van der Waals surface area contributed by atoms with E-state index >= 15 is 0 Å². The fourth-order valence-corrected chi connectivity index (χ4v) is 4.63. The van der Waals surface area contributed by atoms with Crippen molar-refractivity contribution >= 4 is 0 Å². The van der Waals surface area contributed by atoms with E-state index in [2.05, 4.69) is 32.5 Å². The second-order valence-corrected chi connectivity index (χ2v) is 9.30. The van der Waals surface area contributed by atoms with Gasteiger partial charge in [-0.1, -0.05) is 63.6 Å². The summed E-state index contributed by atoms with van der Waals surface area (Å²) in [6.07, 6.45) is 6.84. The van der Waals surface area contributed by atoms with Crippen LogP contribution in [0.1, 0.15) is 49.9 Å². The lowest BCUT2D eigenvalue weighted by molar-refractivity contribution is 0.607. The lowest BCUT2D eigenvalue weighted by Crippen LogP contribution is -2.26. The zero-order valence-electron chi connectivity index (χ0n) is 21.0. The monoisotopic (exact) mass is 497 g/mol. The highest BCUT2D eigenvalue weighted by Crippen LogP contribution is 2.29. The summed E-state index contributed by atoms with van der Waals surface area (Å²) in [6.45, 7) is 6.46. The summed E-state index contributed by atoms with van der Waals surface area (Å²) < 4.78 is 18.2. The van der Waals surface area contributed by atoms with Crippen LogP contribution in [0.15, 0.2) is 71.9 Å². The topological polar surface area (TPSA) is 94.3 Å². The second kappa shape index (κ2) is 10.3. The summed E-state index contributed by atoms with van der Waals surface area (Å²) in [5, 5.41) is 14.3. The number of nitrogens with zero attached hydrogens (tertiary/aromatic N) is 6. The number of para-hydroxylation sites is 1. The minimum Gasteiger partial charge on any atom is -0.292 e. The minimum atomic E-state index is -0.397. The molecule has 2 aromatic carbocycles. The second-order valence-electron chi connectivity index (χ2n) is 9.30. The standard InChI is InChI=1S/C28H28FN7O/c1-4-6-21-17-36(26-22(18(2)3)7-5-8-25(26)29)28(37)35(21)16-19-9-11-20(12-10-19)24-15-30-14-13-23(24)27-31-33-34-32-27/h5,7-15,17-18H,4,6,16H2,1-3H3,(H,31,32,33,34). The average molecular weight is 498 g/mol. The van der Waals surface area contributed by atoms with Gasteiger partial charge in [0.25, 0.3) is 0 Å². The Morgan fingerprint density at radius 2 is 1.86 bits per heavy atom. The van der Waals surface area contributed by atoms with Crippen LogP contribution in [0.5, 0.6) is 0 Å². The first kappa shape index (κ1) is 24.3. The predicted octanol–water partition coefficient (Wildman–Crippen LogP) is 5.14. The number of H-pyrrole nitrogens is 1. The van der Waals surface area contributed by atoms with E-state index in [1.165, 1.54) is 10.6 Å². The van der Waals surface area contributed by atoms with Crippen LogP contribution in [0.3, 0.4) is 0 Å². The van der Waals surface area contributed by atoms with Crippen molar-refractivity contribution < 1.29 is 4.39 Å². The number of pyridine rings is 1. The quantitative estimate of drug-likeness (QED) is 0.320. The predicted molar refractivity (Wildman–Crippen MR) is 140 cm³/mol. The van der Waals surface area contributed by atoms with Crippen molar-refractivity contribution in [3.8, 4) is 28.2 Å². The summed E-state index contributed by atoms with van der Waals surface area (Å²) >= 11 is 0. The third-order valence-electron chi connectivity index (χ3n) is 6.46. The van der Waals surface area contributed by atoms with Crippen LogP contribution in [0.2, 0.25) is 0 Å². The third-order valence-corrected chi connectivity index (χ3v) is 6.46. The first-order valence-corrected chi connectivity index (χ1v) is 12.3. The van der Waals surface area contributed by atoms with E-state index in [4.69, 9.17) is 0 Å². The van der Waals surface area contributed by atoms with Crippen LogP contribution in [0.4, 0.5) is 4.39 Å². The Morgan fingerprint density at radius 1 is 1.05 bits per heavy atom. The Labute approximate surface area is 213 Å². The molecule has 5 aromatic rings. The Hall–Kier alpha value is -4.40. The molecule has 0 amide bonds. The maximum atomic E-state index is 15.0. The molecule has 0 saturated carbocycles. The van der Waals surface area contributed by atoms with Crippen LogP contribution in [0, 0.1) is 5.82 Å². The Balaban J connectivity index is 1.51. The molecule has 3 heterocycles. The number of rotatable bonds is 8. The minimum absolute atomic E-state index is 0.0768. The molecule has 0 spiro atoms. The normalized spacial score (nSPS) is 11.4. The molecule has 3 aromatic heterocycles. The highest BCUT2D eigenvalue weighted by atomic mass is 19.1. The third kappa shape index (κ3) is 4.72. The van der Waals surface area contributed by atoms with Gasteiger partial charge in [0.05, 0.1) is 12.2 Å². The molecule has 0 aliphatic rings. The van der Waals surface area contributed by atoms with E-state index in [-0.39, 0.29) is 11.6 Å². The largest absolute Gasteiger partial charge is 0.333 e. The van der Waals surface area contributed by atoms with Crippen molar-refractivity contribution in [1.82, 2.24) is 34.7 Å². The van der Waals surface area contributed by atoms with E-state index < -0.39 is 5.82 Å². The SMILES string of the molecule is CCCc1cn(-c2c(F)cccc2C(C)C)c(=O)n1Cc1ccc(-c2cnccc2-c2nn[nH]n2)cc1. The molecule has 0 saturated heterocycles.